The Kier molecular flexibility index (Phi) is 7.86. The van der Waals surface area contributed by atoms with Gasteiger partial charge < -0.3 is 19.5 Å². The Morgan fingerprint density at radius 1 is 1.22 bits per heavy atom. The van der Waals surface area contributed by atoms with E-state index in [0.29, 0.717) is 39.8 Å². The third kappa shape index (κ3) is 5.28. The van der Waals surface area contributed by atoms with Gasteiger partial charge in [0.1, 0.15) is 10.6 Å². The van der Waals surface area contributed by atoms with Gasteiger partial charge in [0.05, 0.1) is 23.6 Å². The average molecular weight is 475 g/mol. The fourth-order valence-electron chi connectivity index (χ4n) is 2.95. The van der Waals surface area contributed by atoms with Crippen LogP contribution < -0.4 is 10.1 Å². The molecule has 2 amide bonds. The van der Waals surface area contributed by atoms with Crippen LogP contribution >= 0.6 is 23.1 Å². The van der Waals surface area contributed by atoms with E-state index in [1.807, 2.05) is 42.7 Å². The second-order valence-corrected chi connectivity index (χ2v) is 8.89. The van der Waals surface area contributed by atoms with Crippen molar-refractivity contribution in [1.29, 1.82) is 0 Å². The molecule has 0 aliphatic rings. The summed E-state index contributed by atoms with van der Waals surface area (Å²) < 4.78 is 7.68. The number of amides is 2. The number of nitrogens with one attached hydrogen (secondary N) is 1. The van der Waals surface area contributed by atoms with Gasteiger partial charge in [-0.25, -0.2) is 4.98 Å². The summed E-state index contributed by atoms with van der Waals surface area (Å²) in [6.07, 6.45) is 0. The molecule has 1 aromatic carbocycles. The fourth-order valence-corrected chi connectivity index (χ4v) is 4.76. The first-order chi connectivity index (χ1) is 15.3. The van der Waals surface area contributed by atoms with Crippen LogP contribution in [0.1, 0.15) is 29.2 Å². The lowest BCUT2D eigenvalue weighted by atomic mass is 10.2. The van der Waals surface area contributed by atoms with Crippen molar-refractivity contribution in [2.75, 3.05) is 31.8 Å². The lowest BCUT2D eigenvalue weighted by Crippen LogP contribution is -2.21. The van der Waals surface area contributed by atoms with E-state index in [-0.39, 0.29) is 17.6 Å². The van der Waals surface area contributed by atoms with Crippen LogP contribution in [0.15, 0.2) is 29.4 Å². The standard InChI is InChI=1S/C21H26N6O3S2/c1-6-27-18(14-10-8-9-11-15(14)30-7-2)24-25-21(27)31-12-16(28)23-20-22-13(3)17(32-20)19(29)26(4)5/h8-11H,6-7,12H2,1-5H3,(H,22,23,28). The highest BCUT2D eigenvalue weighted by Crippen LogP contribution is 2.31. The van der Waals surface area contributed by atoms with Crippen molar-refractivity contribution in [2.45, 2.75) is 32.5 Å². The van der Waals surface area contributed by atoms with E-state index in [4.69, 9.17) is 4.74 Å². The van der Waals surface area contributed by atoms with E-state index >= 15 is 0 Å². The van der Waals surface area contributed by atoms with Crippen LogP contribution in [0.3, 0.4) is 0 Å². The highest BCUT2D eigenvalue weighted by molar-refractivity contribution is 7.99. The highest BCUT2D eigenvalue weighted by atomic mass is 32.2. The molecule has 0 aliphatic heterocycles. The summed E-state index contributed by atoms with van der Waals surface area (Å²) in [4.78, 5) is 31.0. The van der Waals surface area contributed by atoms with Gasteiger partial charge >= 0.3 is 0 Å². The number of para-hydroxylation sites is 1. The van der Waals surface area contributed by atoms with Crippen molar-refractivity contribution in [3.8, 4) is 17.1 Å². The molecule has 0 fully saturated rings. The normalized spacial score (nSPS) is 10.8. The van der Waals surface area contributed by atoms with Crippen LogP contribution in [0, 0.1) is 6.92 Å². The minimum Gasteiger partial charge on any atom is -0.493 e. The molecule has 0 spiro atoms. The first-order valence-electron chi connectivity index (χ1n) is 10.1. The Morgan fingerprint density at radius 3 is 2.66 bits per heavy atom. The lowest BCUT2D eigenvalue weighted by Gasteiger charge is -2.11. The molecule has 0 bridgehead atoms. The SMILES string of the molecule is CCOc1ccccc1-c1nnc(SCC(=O)Nc2nc(C)c(C(=O)N(C)C)s2)n1CC. The second kappa shape index (κ2) is 10.6. The number of thioether (sulfide) groups is 1. The number of rotatable bonds is 9. The van der Waals surface area contributed by atoms with E-state index in [2.05, 4.69) is 20.5 Å². The van der Waals surface area contributed by atoms with Crippen molar-refractivity contribution < 1.29 is 14.3 Å². The summed E-state index contributed by atoms with van der Waals surface area (Å²) in [5.41, 5.74) is 1.45. The average Bonchev–Trinajstić information content (AvgIpc) is 3.34. The van der Waals surface area contributed by atoms with Gasteiger partial charge in [-0.05, 0) is 32.9 Å². The van der Waals surface area contributed by atoms with Gasteiger partial charge in [0.15, 0.2) is 16.1 Å². The Bertz CT molecular complexity index is 1110. The van der Waals surface area contributed by atoms with Gasteiger partial charge in [0.2, 0.25) is 5.91 Å². The molecule has 0 saturated carbocycles. The van der Waals surface area contributed by atoms with E-state index in [0.717, 1.165) is 11.3 Å². The van der Waals surface area contributed by atoms with Gasteiger partial charge in [0.25, 0.3) is 5.91 Å². The predicted octanol–water partition coefficient (Wildman–Crippen LogP) is 3.56. The molecule has 0 aliphatic carbocycles. The summed E-state index contributed by atoms with van der Waals surface area (Å²) in [5, 5.41) is 12.4. The third-order valence-corrected chi connectivity index (χ3v) is 6.46. The number of carbonyl (C=O) groups is 2. The maximum absolute atomic E-state index is 12.5. The molecule has 0 saturated heterocycles. The number of ether oxygens (including phenoxy) is 1. The molecule has 1 N–H and O–H groups in total. The minimum atomic E-state index is -0.227. The van der Waals surface area contributed by atoms with Crippen LogP contribution in [0.4, 0.5) is 5.13 Å². The number of carbonyl (C=O) groups excluding carboxylic acids is 2. The monoisotopic (exact) mass is 474 g/mol. The van der Waals surface area contributed by atoms with Crippen LogP contribution in [-0.2, 0) is 11.3 Å². The molecule has 11 heteroatoms. The zero-order valence-corrected chi connectivity index (χ0v) is 20.3. The summed E-state index contributed by atoms with van der Waals surface area (Å²) in [6, 6.07) is 7.69. The molecule has 3 rings (SSSR count). The van der Waals surface area contributed by atoms with Crippen molar-refractivity contribution in [3.63, 3.8) is 0 Å². The Balaban J connectivity index is 1.70. The van der Waals surface area contributed by atoms with E-state index < -0.39 is 0 Å². The van der Waals surface area contributed by atoms with Gasteiger partial charge in [-0.15, -0.1) is 10.2 Å². The van der Waals surface area contributed by atoms with Crippen LogP contribution in [0.25, 0.3) is 11.4 Å². The Morgan fingerprint density at radius 2 is 1.97 bits per heavy atom. The van der Waals surface area contributed by atoms with E-state index in [1.54, 1.807) is 21.0 Å². The van der Waals surface area contributed by atoms with E-state index in [1.165, 1.54) is 28.0 Å². The molecule has 0 atom stereocenters. The van der Waals surface area contributed by atoms with E-state index in [9.17, 15) is 9.59 Å². The number of aryl methyl sites for hydroxylation is 1. The van der Waals surface area contributed by atoms with Gasteiger partial charge in [-0.2, -0.15) is 0 Å². The largest absolute Gasteiger partial charge is 0.493 e. The summed E-state index contributed by atoms with van der Waals surface area (Å²) in [5.74, 6) is 1.22. The van der Waals surface area contributed by atoms with Gasteiger partial charge in [-0.1, -0.05) is 35.2 Å². The molecule has 3 aromatic rings. The van der Waals surface area contributed by atoms with Crippen molar-refractivity contribution in [3.05, 3.63) is 34.8 Å². The first kappa shape index (κ1) is 23.7. The Labute approximate surface area is 195 Å². The second-order valence-electron chi connectivity index (χ2n) is 6.95. The number of thiazole rings is 1. The molecule has 9 nitrogen and oxygen atoms in total. The number of benzene rings is 1. The molecular weight excluding hydrogens is 448 g/mol. The molecule has 0 radical (unpaired) electrons. The van der Waals surface area contributed by atoms with Crippen LogP contribution in [0.2, 0.25) is 0 Å². The zero-order chi connectivity index (χ0) is 23.3. The molecule has 0 unspecified atom stereocenters. The zero-order valence-electron chi connectivity index (χ0n) is 18.7. The van der Waals surface area contributed by atoms with Crippen LogP contribution in [0.5, 0.6) is 5.75 Å². The van der Waals surface area contributed by atoms with Crippen molar-refractivity contribution >= 4 is 40.0 Å². The third-order valence-electron chi connectivity index (χ3n) is 4.44. The number of nitrogens with zero attached hydrogens (tertiary/aromatic N) is 5. The van der Waals surface area contributed by atoms with Crippen molar-refractivity contribution in [2.24, 2.45) is 0 Å². The maximum Gasteiger partial charge on any atom is 0.265 e. The van der Waals surface area contributed by atoms with Crippen molar-refractivity contribution in [1.82, 2.24) is 24.6 Å². The number of aromatic nitrogens is 4. The fraction of sp³-hybridized carbons (Fsp3) is 0.381. The molecule has 32 heavy (non-hydrogen) atoms. The predicted molar refractivity (Wildman–Crippen MR) is 127 cm³/mol. The quantitative estimate of drug-likeness (QED) is 0.473. The highest BCUT2D eigenvalue weighted by Gasteiger charge is 2.20. The summed E-state index contributed by atoms with van der Waals surface area (Å²) in [6.45, 7) is 6.89. The molecule has 170 valence electrons. The lowest BCUT2D eigenvalue weighted by molar-refractivity contribution is -0.113. The molecule has 2 heterocycles. The number of anilines is 1. The smallest absolute Gasteiger partial charge is 0.265 e. The molecular formula is C21H26N6O3S2. The number of hydrogen-bond acceptors (Lipinski definition) is 8. The maximum atomic E-state index is 12.5. The minimum absolute atomic E-state index is 0.134. The number of hydrogen-bond donors (Lipinski definition) is 1. The van der Waals surface area contributed by atoms with Crippen LogP contribution in [-0.4, -0.2) is 62.9 Å². The first-order valence-corrected chi connectivity index (χ1v) is 11.9. The Hall–Kier alpha value is -2.92. The molecule has 2 aromatic heterocycles. The van der Waals surface area contributed by atoms with Gasteiger partial charge in [-0.3, -0.25) is 9.59 Å². The summed E-state index contributed by atoms with van der Waals surface area (Å²) >= 11 is 2.46. The topological polar surface area (TPSA) is 102 Å². The summed E-state index contributed by atoms with van der Waals surface area (Å²) in [7, 11) is 3.36. The van der Waals surface area contributed by atoms with Gasteiger partial charge in [0, 0.05) is 20.6 Å².